The van der Waals surface area contributed by atoms with Crippen molar-refractivity contribution in [2.45, 2.75) is 44.3 Å². The van der Waals surface area contributed by atoms with Gasteiger partial charge in [0.2, 0.25) is 5.91 Å². The van der Waals surface area contributed by atoms with E-state index in [4.69, 9.17) is 16.9 Å². The van der Waals surface area contributed by atoms with Crippen molar-refractivity contribution in [3.05, 3.63) is 34.9 Å². The van der Waals surface area contributed by atoms with E-state index in [-0.39, 0.29) is 5.91 Å². The Labute approximate surface area is 152 Å². The van der Waals surface area contributed by atoms with Gasteiger partial charge in [0.15, 0.2) is 0 Å². The minimum Gasteiger partial charge on any atom is -0.272 e. The van der Waals surface area contributed by atoms with Crippen LogP contribution in [0.25, 0.3) is 0 Å². The van der Waals surface area contributed by atoms with Gasteiger partial charge in [-0.1, -0.05) is 36.2 Å². The van der Waals surface area contributed by atoms with Crippen molar-refractivity contribution in [3.8, 4) is 6.07 Å². The molecule has 0 spiro atoms. The summed E-state index contributed by atoms with van der Waals surface area (Å²) in [6.45, 7) is 0. The Morgan fingerprint density at radius 1 is 1.42 bits per heavy atom. The fourth-order valence-corrected chi connectivity index (χ4v) is 3.91. The van der Waals surface area contributed by atoms with E-state index in [0.717, 1.165) is 42.0 Å². The molecule has 1 aliphatic carbocycles. The summed E-state index contributed by atoms with van der Waals surface area (Å²) in [6, 6.07) is 9.85. The highest BCUT2D eigenvalue weighted by molar-refractivity contribution is 7.99. The first-order valence-electron chi connectivity index (χ1n) is 8.24. The average Bonchev–Trinajstić information content (AvgIpc) is 2.60. The Hall–Kier alpha value is -1.51. The molecule has 1 aromatic carbocycles. The summed E-state index contributed by atoms with van der Waals surface area (Å²) in [5.74, 6) is 1.30. The van der Waals surface area contributed by atoms with Gasteiger partial charge in [0.25, 0.3) is 0 Å². The van der Waals surface area contributed by atoms with Crippen LogP contribution in [0.2, 0.25) is 5.02 Å². The van der Waals surface area contributed by atoms with Crippen LogP contribution in [0.4, 0.5) is 0 Å². The van der Waals surface area contributed by atoms with E-state index in [1.54, 1.807) is 0 Å². The van der Waals surface area contributed by atoms with Gasteiger partial charge in [-0.25, -0.2) is 5.43 Å². The minimum atomic E-state index is -0.0934. The lowest BCUT2D eigenvalue weighted by atomic mass is 9.84. The van der Waals surface area contributed by atoms with E-state index in [1.165, 1.54) is 18.2 Å². The number of nitrogens with one attached hydrogen (secondary N) is 1. The van der Waals surface area contributed by atoms with Crippen LogP contribution in [0.15, 0.2) is 29.4 Å². The van der Waals surface area contributed by atoms with Crippen molar-refractivity contribution in [1.29, 1.82) is 5.26 Å². The predicted molar refractivity (Wildman–Crippen MR) is 100.0 cm³/mol. The Balaban J connectivity index is 1.77. The summed E-state index contributed by atoms with van der Waals surface area (Å²) in [6.07, 6.45) is 5.66. The third-order valence-corrected chi connectivity index (χ3v) is 5.43. The lowest BCUT2D eigenvalue weighted by molar-refractivity contribution is -0.118. The molecule has 1 aliphatic rings. The molecule has 0 bridgehead atoms. The van der Waals surface area contributed by atoms with E-state index < -0.39 is 0 Å². The van der Waals surface area contributed by atoms with Gasteiger partial charge in [0.05, 0.1) is 11.8 Å². The summed E-state index contributed by atoms with van der Waals surface area (Å²) in [5.41, 5.74) is 4.75. The highest BCUT2D eigenvalue weighted by atomic mass is 35.5. The van der Waals surface area contributed by atoms with Gasteiger partial charge in [-0.3, -0.25) is 4.79 Å². The molecular weight excluding hydrogens is 342 g/mol. The van der Waals surface area contributed by atoms with Crippen molar-refractivity contribution in [2.75, 3.05) is 5.75 Å². The van der Waals surface area contributed by atoms with Gasteiger partial charge in [-0.15, -0.1) is 11.8 Å². The van der Waals surface area contributed by atoms with Gasteiger partial charge in [-0.2, -0.15) is 10.4 Å². The molecule has 6 heteroatoms. The van der Waals surface area contributed by atoms with Gasteiger partial charge in [-0.05, 0) is 37.3 Å². The number of carbonyl (C=O) groups excluding carboxylic acids is 1. The van der Waals surface area contributed by atoms with Crippen LogP contribution >= 0.6 is 23.4 Å². The molecule has 2 rings (SSSR count). The van der Waals surface area contributed by atoms with Gasteiger partial charge < -0.3 is 0 Å². The standard InChI is InChI=1S/C18H22ClN3OS/c19-16-9-3-1-7-15(16)12-24-13-18(23)22-21-17-10-4-2-6-14(17)8-5-11-20/h1,3,7,9,14H,2,4-6,8,10,12-13H2,(H,22,23). The molecule has 0 saturated heterocycles. The predicted octanol–water partition coefficient (Wildman–Crippen LogP) is 4.54. The van der Waals surface area contributed by atoms with Crippen LogP contribution in [0.5, 0.6) is 0 Å². The van der Waals surface area contributed by atoms with Crippen LogP contribution < -0.4 is 5.43 Å². The number of carbonyl (C=O) groups is 1. The van der Waals surface area contributed by atoms with Crippen LogP contribution in [0, 0.1) is 17.2 Å². The van der Waals surface area contributed by atoms with Crippen molar-refractivity contribution in [1.82, 2.24) is 5.43 Å². The Bertz CT molecular complexity index is 627. The summed E-state index contributed by atoms with van der Waals surface area (Å²) in [4.78, 5) is 12.0. The van der Waals surface area contributed by atoms with Crippen molar-refractivity contribution in [2.24, 2.45) is 11.0 Å². The number of nitriles is 1. The number of halogens is 1. The second-order valence-electron chi connectivity index (χ2n) is 5.86. The first-order valence-corrected chi connectivity index (χ1v) is 9.77. The third-order valence-electron chi connectivity index (χ3n) is 4.08. The van der Waals surface area contributed by atoms with Crippen LogP contribution in [0.1, 0.15) is 44.1 Å². The van der Waals surface area contributed by atoms with E-state index in [2.05, 4.69) is 16.6 Å². The Morgan fingerprint density at radius 2 is 2.25 bits per heavy atom. The highest BCUT2D eigenvalue weighted by Gasteiger charge is 2.20. The maximum atomic E-state index is 12.0. The first-order chi connectivity index (χ1) is 11.7. The zero-order valence-electron chi connectivity index (χ0n) is 13.6. The van der Waals surface area contributed by atoms with Gasteiger partial charge in [0, 0.05) is 28.8 Å². The number of benzene rings is 1. The molecule has 1 N–H and O–H groups in total. The topological polar surface area (TPSA) is 65.2 Å². The van der Waals surface area contributed by atoms with Crippen molar-refractivity contribution < 1.29 is 4.79 Å². The number of rotatable bonds is 7. The molecule has 1 unspecified atom stereocenters. The van der Waals surface area contributed by atoms with E-state index in [0.29, 0.717) is 23.8 Å². The molecule has 128 valence electrons. The Kier molecular flexibility index (Phi) is 8.14. The number of hydrogen-bond acceptors (Lipinski definition) is 4. The van der Waals surface area contributed by atoms with Gasteiger partial charge >= 0.3 is 0 Å². The largest absolute Gasteiger partial charge is 0.272 e. The van der Waals surface area contributed by atoms with E-state index in [1.807, 2.05) is 24.3 Å². The molecule has 1 saturated carbocycles. The molecule has 0 radical (unpaired) electrons. The summed E-state index contributed by atoms with van der Waals surface area (Å²) >= 11 is 7.62. The maximum absolute atomic E-state index is 12.0. The third kappa shape index (κ3) is 6.18. The van der Waals surface area contributed by atoms with E-state index in [9.17, 15) is 4.79 Å². The highest BCUT2D eigenvalue weighted by Crippen LogP contribution is 2.25. The number of nitrogens with zero attached hydrogens (tertiary/aromatic N) is 2. The molecular formula is C18H22ClN3OS. The lowest BCUT2D eigenvalue weighted by Gasteiger charge is -2.23. The fourth-order valence-electron chi connectivity index (χ4n) is 2.80. The molecule has 1 fully saturated rings. The fraction of sp³-hybridized carbons (Fsp3) is 0.500. The number of thioether (sulfide) groups is 1. The van der Waals surface area contributed by atoms with Crippen LogP contribution in [-0.4, -0.2) is 17.4 Å². The quantitative estimate of drug-likeness (QED) is 0.723. The lowest BCUT2D eigenvalue weighted by Crippen LogP contribution is -2.26. The molecule has 1 amide bonds. The molecule has 0 heterocycles. The summed E-state index contributed by atoms with van der Waals surface area (Å²) in [7, 11) is 0. The average molecular weight is 364 g/mol. The molecule has 4 nitrogen and oxygen atoms in total. The second kappa shape index (κ2) is 10.4. The zero-order chi connectivity index (χ0) is 17.2. The van der Waals surface area contributed by atoms with Crippen LogP contribution in [0.3, 0.4) is 0 Å². The Morgan fingerprint density at radius 3 is 3.04 bits per heavy atom. The normalized spacial score (nSPS) is 19.0. The molecule has 1 atom stereocenters. The number of hydrazone groups is 1. The number of amides is 1. The van der Waals surface area contributed by atoms with E-state index >= 15 is 0 Å². The van der Waals surface area contributed by atoms with Crippen molar-refractivity contribution >= 4 is 35.0 Å². The number of hydrogen-bond donors (Lipinski definition) is 1. The first kappa shape index (κ1) is 18.8. The molecule has 0 aliphatic heterocycles. The summed E-state index contributed by atoms with van der Waals surface area (Å²) in [5, 5.41) is 13.8. The smallest absolute Gasteiger partial charge is 0.250 e. The monoisotopic (exact) mass is 363 g/mol. The SMILES string of the molecule is N#CCCC1CCCCC1=NNC(=O)CSCc1ccccc1Cl. The zero-order valence-corrected chi connectivity index (χ0v) is 15.2. The molecule has 1 aromatic rings. The minimum absolute atomic E-state index is 0.0934. The van der Waals surface area contributed by atoms with Crippen LogP contribution in [-0.2, 0) is 10.5 Å². The summed E-state index contributed by atoms with van der Waals surface area (Å²) < 4.78 is 0. The van der Waals surface area contributed by atoms with Gasteiger partial charge in [0.1, 0.15) is 0 Å². The second-order valence-corrected chi connectivity index (χ2v) is 7.25. The maximum Gasteiger partial charge on any atom is 0.250 e. The molecule has 24 heavy (non-hydrogen) atoms. The van der Waals surface area contributed by atoms with Crippen molar-refractivity contribution in [3.63, 3.8) is 0 Å². The molecule has 0 aromatic heterocycles.